The van der Waals surface area contributed by atoms with Crippen LogP contribution in [-0.4, -0.2) is 87.4 Å². The molecule has 1 rings (SSSR count). The number of aliphatic hydroxyl groups excluding tert-OH is 4. The van der Waals surface area contributed by atoms with Crippen LogP contribution in [0, 0.1) is 0 Å². The van der Waals surface area contributed by atoms with Gasteiger partial charge in [-0.1, -0.05) is 0 Å². The number of hydrogen-bond donors (Lipinski definition) is 6. The molecule has 10 nitrogen and oxygen atoms in total. The van der Waals surface area contributed by atoms with Crippen molar-refractivity contribution in [1.82, 2.24) is 5.32 Å². The Labute approximate surface area is 126 Å². The Balaban J connectivity index is 3.09. The molecule has 1 amide bonds. The highest BCUT2D eigenvalue weighted by Gasteiger charge is 2.54. The number of aliphatic hydroxyl groups is 5. The van der Waals surface area contributed by atoms with Gasteiger partial charge in [0.15, 0.2) is 0 Å². The van der Waals surface area contributed by atoms with Gasteiger partial charge in [-0.2, -0.15) is 0 Å². The second kappa shape index (κ2) is 7.31. The molecule has 1 aliphatic heterocycles. The van der Waals surface area contributed by atoms with Gasteiger partial charge in [0.25, 0.3) is 5.79 Å². The molecule has 2 unspecified atom stereocenters. The molecule has 0 aromatic heterocycles. The summed E-state index contributed by atoms with van der Waals surface area (Å²) in [4.78, 5) is 22.8. The zero-order valence-electron chi connectivity index (χ0n) is 12.2. The summed E-state index contributed by atoms with van der Waals surface area (Å²) in [7, 11) is 0.990. The van der Waals surface area contributed by atoms with E-state index in [2.05, 4.69) is 10.1 Å². The van der Waals surface area contributed by atoms with Crippen LogP contribution >= 0.6 is 0 Å². The van der Waals surface area contributed by atoms with E-state index in [4.69, 9.17) is 9.84 Å². The number of ether oxygens (including phenoxy) is 2. The van der Waals surface area contributed by atoms with E-state index in [1.807, 2.05) is 0 Å². The molecule has 1 fully saturated rings. The molecule has 22 heavy (non-hydrogen) atoms. The Kier molecular flexibility index (Phi) is 6.23. The highest BCUT2D eigenvalue weighted by atomic mass is 16.7. The van der Waals surface area contributed by atoms with Crippen LogP contribution < -0.4 is 5.32 Å². The van der Waals surface area contributed by atoms with Gasteiger partial charge in [0.1, 0.15) is 18.3 Å². The molecule has 6 atom stereocenters. The van der Waals surface area contributed by atoms with Crippen LogP contribution in [0.5, 0.6) is 0 Å². The van der Waals surface area contributed by atoms with Crippen LogP contribution in [0.15, 0.2) is 0 Å². The van der Waals surface area contributed by atoms with Gasteiger partial charge in [-0.25, -0.2) is 4.79 Å². The Hall–Kier alpha value is -1.30. The molecule has 0 aromatic rings. The minimum atomic E-state index is -2.55. The van der Waals surface area contributed by atoms with E-state index < -0.39 is 61.1 Å². The van der Waals surface area contributed by atoms with Gasteiger partial charge in [0.05, 0.1) is 25.9 Å². The monoisotopic (exact) mass is 323 g/mol. The van der Waals surface area contributed by atoms with Crippen LogP contribution in [0.2, 0.25) is 0 Å². The maximum Gasteiger partial charge on any atom is 0.366 e. The third kappa shape index (κ3) is 3.91. The molecule has 1 heterocycles. The second-order valence-electron chi connectivity index (χ2n) is 5.10. The normalized spacial score (nSPS) is 34.6. The van der Waals surface area contributed by atoms with Crippen molar-refractivity contribution in [2.45, 2.75) is 49.6 Å². The lowest BCUT2D eigenvalue weighted by Crippen LogP contribution is -2.67. The maximum atomic E-state index is 11.6. The number of hydrogen-bond acceptors (Lipinski definition) is 9. The van der Waals surface area contributed by atoms with Crippen LogP contribution in [0.25, 0.3) is 0 Å². The number of esters is 1. The van der Waals surface area contributed by atoms with Crippen LogP contribution in [-0.2, 0) is 19.1 Å². The Morgan fingerprint density at radius 2 is 2.05 bits per heavy atom. The molecule has 0 saturated carbocycles. The number of nitrogens with one attached hydrogen (secondary N) is 1. The van der Waals surface area contributed by atoms with Crippen molar-refractivity contribution in [3.05, 3.63) is 0 Å². The Bertz CT molecular complexity index is 417. The summed E-state index contributed by atoms with van der Waals surface area (Å²) in [5.41, 5.74) is 0. The highest BCUT2D eigenvalue weighted by molar-refractivity contribution is 5.78. The van der Waals surface area contributed by atoms with Crippen molar-refractivity contribution in [2.24, 2.45) is 0 Å². The van der Waals surface area contributed by atoms with Crippen molar-refractivity contribution < 1.29 is 44.6 Å². The van der Waals surface area contributed by atoms with E-state index in [0.29, 0.717) is 0 Å². The number of amides is 1. The minimum absolute atomic E-state index is 0.563. The number of carbonyl (C=O) groups is 2. The van der Waals surface area contributed by atoms with Crippen LogP contribution in [0.1, 0.15) is 13.3 Å². The summed E-state index contributed by atoms with van der Waals surface area (Å²) >= 11 is 0. The van der Waals surface area contributed by atoms with Crippen molar-refractivity contribution in [3.63, 3.8) is 0 Å². The molecule has 1 saturated heterocycles. The van der Waals surface area contributed by atoms with E-state index in [1.165, 1.54) is 0 Å². The summed E-state index contributed by atoms with van der Waals surface area (Å²) in [5, 5.41) is 50.8. The molecular formula is C12H21NO9. The predicted octanol–water partition coefficient (Wildman–Crippen LogP) is -3.78. The van der Waals surface area contributed by atoms with Crippen molar-refractivity contribution in [1.29, 1.82) is 0 Å². The minimum Gasteiger partial charge on any atom is -0.465 e. The fourth-order valence-corrected chi connectivity index (χ4v) is 2.29. The lowest BCUT2D eigenvalue weighted by atomic mass is 9.88. The van der Waals surface area contributed by atoms with E-state index in [0.717, 1.165) is 14.0 Å². The highest BCUT2D eigenvalue weighted by Crippen LogP contribution is 2.31. The Morgan fingerprint density at radius 3 is 2.50 bits per heavy atom. The van der Waals surface area contributed by atoms with Crippen LogP contribution in [0.4, 0.5) is 0 Å². The molecule has 0 aromatic carbocycles. The average Bonchev–Trinajstić information content (AvgIpc) is 2.46. The molecule has 0 spiro atoms. The van der Waals surface area contributed by atoms with Crippen molar-refractivity contribution in [3.8, 4) is 0 Å². The van der Waals surface area contributed by atoms with Gasteiger partial charge in [0.2, 0.25) is 5.91 Å². The zero-order chi connectivity index (χ0) is 17.1. The Morgan fingerprint density at radius 1 is 1.45 bits per heavy atom. The first kappa shape index (κ1) is 18.7. The van der Waals surface area contributed by atoms with Crippen molar-refractivity contribution in [2.75, 3.05) is 13.7 Å². The summed E-state index contributed by atoms with van der Waals surface area (Å²) in [6.45, 7) is 0.320. The molecule has 0 bridgehead atoms. The zero-order valence-corrected chi connectivity index (χ0v) is 12.2. The molecular weight excluding hydrogens is 302 g/mol. The van der Waals surface area contributed by atoms with Gasteiger partial charge in [-0.05, 0) is 0 Å². The molecule has 1 aliphatic rings. The smallest absolute Gasteiger partial charge is 0.366 e. The van der Waals surface area contributed by atoms with Gasteiger partial charge in [-0.3, -0.25) is 4.79 Å². The number of rotatable bonds is 5. The summed E-state index contributed by atoms with van der Waals surface area (Å²) < 4.78 is 9.45. The SMILES string of the molecule is COC(=O)[C@]1(O)C[C@@H](O)C(NC(C)=O)C([C@H](O)[C@H](O)CO)O1. The van der Waals surface area contributed by atoms with Gasteiger partial charge in [0, 0.05) is 13.3 Å². The first-order valence-electron chi connectivity index (χ1n) is 6.57. The maximum absolute atomic E-state index is 11.6. The molecule has 128 valence electrons. The first-order valence-corrected chi connectivity index (χ1v) is 6.57. The molecule has 0 aliphatic carbocycles. The lowest BCUT2D eigenvalue weighted by molar-refractivity contribution is -0.296. The summed E-state index contributed by atoms with van der Waals surface area (Å²) in [6.07, 6.45) is -7.09. The average molecular weight is 323 g/mol. The third-order valence-electron chi connectivity index (χ3n) is 3.38. The van der Waals surface area contributed by atoms with Crippen LogP contribution in [0.3, 0.4) is 0 Å². The van der Waals surface area contributed by atoms with Gasteiger partial charge >= 0.3 is 5.97 Å². The van der Waals surface area contributed by atoms with E-state index in [1.54, 1.807) is 0 Å². The fourth-order valence-electron chi connectivity index (χ4n) is 2.29. The van der Waals surface area contributed by atoms with E-state index in [-0.39, 0.29) is 0 Å². The fraction of sp³-hybridized carbons (Fsp3) is 0.833. The summed E-state index contributed by atoms with van der Waals surface area (Å²) in [5.74, 6) is -4.32. The predicted molar refractivity (Wildman–Crippen MR) is 69.2 cm³/mol. The lowest BCUT2D eigenvalue weighted by Gasteiger charge is -2.45. The standard InChI is InChI=1S/C12H21NO9/c1-5(15)13-8-6(16)3-12(20,11(19)21-2)22-10(8)9(18)7(17)4-14/h6-10,14,16-18,20H,3-4H2,1-2H3,(H,13,15)/t6-,7-,8?,9-,10?,12+/m1/s1. The largest absolute Gasteiger partial charge is 0.465 e. The topological polar surface area (TPSA) is 166 Å². The molecule has 10 heteroatoms. The van der Waals surface area contributed by atoms with E-state index in [9.17, 15) is 30.0 Å². The number of carbonyl (C=O) groups excluding carboxylic acids is 2. The van der Waals surface area contributed by atoms with Crippen molar-refractivity contribution >= 4 is 11.9 Å². The van der Waals surface area contributed by atoms with Gasteiger partial charge in [-0.15, -0.1) is 0 Å². The first-order chi connectivity index (χ1) is 10.2. The molecule has 0 radical (unpaired) electrons. The van der Waals surface area contributed by atoms with E-state index >= 15 is 0 Å². The number of methoxy groups -OCH3 is 1. The van der Waals surface area contributed by atoms with Gasteiger partial charge < -0.3 is 40.3 Å². The quantitative estimate of drug-likeness (QED) is 0.278. The second-order valence-corrected chi connectivity index (χ2v) is 5.10. The summed E-state index contributed by atoms with van der Waals surface area (Å²) in [6, 6.07) is -1.21. The third-order valence-corrected chi connectivity index (χ3v) is 3.38. The molecule has 6 N–H and O–H groups in total.